The number of aromatic nitrogens is 1. The Bertz CT molecular complexity index is 2500. The Morgan fingerprint density at radius 1 is 0.704 bits per heavy atom. The number of aryl methyl sites for hydroxylation is 1. The van der Waals surface area contributed by atoms with Gasteiger partial charge in [-0.3, -0.25) is 14.4 Å². The Labute approximate surface area is 317 Å². The molecule has 0 saturated carbocycles. The number of thioether (sulfide) groups is 1. The smallest absolute Gasteiger partial charge is 0.272 e. The summed E-state index contributed by atoms with van der Waals surface area (Å²) in [5.41, 5.74) is 5.38. The minimum absolute atomic E-state index is 0.0342. The van der Waals surface area contributed by atoms with Gasteiger partial charge in [-0.2, -0.15) is 0 Å². The number of rotatable bonds is 12. The van der Waals surface area contributed by atoms with Crippen LogP contribution in [-0.2, 0) is 16.1 Å². The molecule has 54 heavy (non-hydrogen) atoms. The highest BCUT2D eigenvalue weighted by atomic mass is 32.2. The van der Waals surface area contributed by atoms with Crippen molar-refractivity contribution in [3.05, 3.63) is 174 Å². The molecule has 1 unspecified atom stereocenters. The topological polar surface area (TPSA) is 101 Å². The Balaban J connectivity index is 1.14. The van der Waals surface area contributed by atoms with Gasteiger partial charge < -0.3 is 25.3 Å². The summed E-state index contributed by atoms with van der Waals surface area (Å²) in [6.07, 6.45) is 1.58. The van der Waals surface area contributed by atoms with E-state index >= 15 is 0 Å². The number of para-hydroxylation sites is 2. The first-order valence-corrected chi connectivity index (χ1v) is 18.5. The lowest BCUT2D eigenvalue weighted by Gasteiger charge is -2.18. The van der Waals surface area contributed by atoms with Crippen molar-refractivity contribution in [2.45, 2.75) is 23.6 Å². The van der Waals surface area contributed by atoms with Crippen LogP contribution in [0.2, 0.25) is 0 Å². The third kappa shape index (κ3) is 7.91. The van der Waals surface area contributed by atoms with Crippen molar-refractivity contribution >= 4 is 68.7 Å². The van der Waals surface area contributed by atoms with E-state index in [0.29, 0.717) is 28.3 Å². The number of carbonyl (C=O) groups excluding carboxylic acids is 3. The fourth-order valence-electron chi connectivity index (χ4n) is 6.45. The zero-order valence-corrected chi connectivity index (χ0v) is 30.6. The van der Waals surface area contributed by atoms with Crippen molar-refractivity contribution in [2.24, 2.45) is 0 Å². The summed E-state index contributed by atoms with van der Waals surface area (Å²) in [5.74, 6) is -0.578. The summed E-state index contributed by atoms with van der Waals surface area (Å²) in [5, 5.41) is 10.5. The molecule has 9 heteroatoms. The zero-order chi connectivity index (χ0) is 37.4. The molecule has 1 atom stereocenters. The van der Waals surface area contributed by atoms with Crippen LogP contribution in [0.1, 0.15) is 33.7 Å². The predicted octanol–water partition coefficient (Wildman–Crippen LogP) is 9.70. The molecule has 0 aliphatic rings. The fraction of sp³-hybridized carbons (Fsp3) is 0.0889. The highest BCUT2D eigenvalue weighted by Crippen LogP contribution is 2.38. The van der Waals surface area contributed by atoms with Gasteiger partial charge in [0, 0.05) is 55.7 Å². The Morgan fingerprint density at radius 2 is 1.39 bits per heavy atom. The Morgan fingerprint density at radius 3 is 2.17 bits per heavy atom. The summed E-state index contributed by atoms with van der Waals surface area (Å²) in [6.45, 7) is 2.97. The molecule has 0 fully saturated rings. The Hall–Kier alpha value is -6.58. The number of nitrogens with one attached hydrogen (secondary N) is 3. The van der Waals surface area contributed by atoms with Crippen molar-refractivity contribution in [1.29, 1.82) is 0 Å². The summed E-state index contributed by atoms with van der Waals surface area (Å²) in [7, 11) is 1.55. The van der Waals surface area contributed by atoms with Crippen molar-refractivity contribution in [1.82, 2.24) is 9.88 Å². The van der Waals surface area contributed by atoms with E-state index in [1.54, 1.807) is 55.7 Å². The maximum atomic E-state index is 14.1. The highest BCUT2D eigenvalue weighted by molar-refractivity contribution is 8.00. The Kier molecular flexibility index (Phi) is 10.9. The average Bonchev–Trinajstić information content (AvgIpc) is 3.53. The van der Waals surface area contributed by atoms with Crippen LogP contribution in [0.25, 0.3) is 27.9 Å². The van der Waals surface area contributed by atoms with E-state index in [9.17, 15) is 14.4 Å². The number of ether oxygens (including phenoxy) is 1. The van der Waals surface area contributed by atoms with Gasteiger partial charge in [0.2, 0.25) is 5.91 Å². The zero-order valence-electron chi connectivity index (χ0n) is 29.8. The SMILES string of the molecule is CCn1c2ccccc2c2cc(NC(=O)C(Sc3cccc(NC(=O)/C(=C\c4ccccc4OC)NC(=O)c4ccccc4)c3)c3ccccc3)ccc21. The summed E-state index contributed by atoms with van der Waals surface area (Å²) in [6, 6.07) is 47.2. The molecule has 0 spiro atoms. The lowest BCUT2D eigenvalue weighted by molar-refractivity contribution is -0.116. The molecule has 3 amide bonds. The number of fused-ring (bicyclic) bond motifs is 3. The van der Waals surface area contributed by atoms with E-state index in [1.165, 1.54) is 11.8 Å². The maximum Gasteiger partial charge on any atom is 0.272 e. The van der Waals surface area contributed by atoms with Crippen molar-refractivity contribution < 1.29 is 19.1 Å². The van der Waals surface area contributed by atoms with Crippen LogP contribution in [0.15, 0.2) is 162 Å². The van der Waals surface area contributed by atoms with Crippen LogP contribution < -0.4 is 20.7 Å². The first kappa shape index (κ1) is 35.8. The van der Waals surface area contributed by atoms with Gasteiger partial charge >= 0.3 is 0 Å². The first-order chi connectivity index (χ1) is 26.4. The molecule has 3 N–H and O–H groups in total. The molecule has 8 nitrogen and oxygen atoms in total. The van der Waals surface area contributed by atoms with Crippen LogP contribution in [0.4, 0.5) is 11.4 Å². The normalized spacial score (nSPS) is 11.9. The number of carbonyl (C=O) groups is 3. The molecular formula is C45H38N4O4S. The van der Waals surface area contributed by atoms with E-state index in [2.05, 4.69) is 45.6 Å². The molecule has 268 valence electrons. The summed E-state index contributed by atoms with van der Waals surface area (Å²) >= 11 is 1.38. The third-order valence-corrected chi connectivity index (χ3v) is 10.3. The molecule has 1 heterocycles. The monoisotopic (exact) mass is 730 g/mol. The van der Waals surface area contributed by atoms with E-state index in [0.717, 1.165) is 38.8 Å². The predicted molar refractivity (Wildman–Crippen MR) is 219 cm³/mol. The molecule has 1 aromatic heterocycles. The van der Waals surface area contributed by atoms with Crippen LogP contribution in [0.5, 0.6) is 5.75 Å². The van der Waals surface area contributed by atoms with Gasteiger partial charge in [0.1, 0.15) is 16.7 Å². The number of hydrogen-bond donors (Lipinski definition) is 3. The molecule has 6 aromatic carbocycles. The van der Waals surface area contributed by atoms with Gasteiger partial charge in [-0.25, -0.2) is 0 Å². The standard InChI is InChI=1S/C45H38N4O4S/c1-3-49-39-23-12-11-22-36(39)37-29-34(25-26-40(37)49)47-45(52)42(30-15-6-4-7-16-30)54-35-21-14-20-33(28-35)46-44(51)38(27-32-19-10-13-24-41(32)53-2)48-43(50)31-17-8-5-9-18-31/h4-29,42H,3H2,1-2H3,(H,46,51)(H,47,52)(H,48,50)/b38-27+. The molecule has 0 bridgehead atoms. The number of hydrogen-bond acceptors (Lipinski definition) is 5. The third-order valence-electron chi connectivity index (χ3n) is 9.01. The van der Waals surface area contributed by atoms with Crippen LogP contribution >= 0.6 is 11.8 Å². The quantitative estimate of drug-likeness (QED) is 0.0859. The lowest BCUT2D eigenvalue weighted by atomic mass is 10.1. The minimum Gasteiger partial charge on any atom is -0.496 e. The number of nitrogens with zero attached hydrogens (tertiary/aromatic N) is 1. The van der Waals surface area contributed by atoms with Gasteiger partial charge in [-0.1, -0.05) is 91.0 Å². The molecule has 0 aliphatic carbocycles. The van der Waals surface area contributed by atoms with Gasteiger partial charge in [-0.15, -0.1) is 11.8 Å². The van der Waals surface area contributed by atoms with E-state index in [4.69, 9.17) is 4.74 Å². The average molecular weight is 731 g/mol. The molecule has 7 rings (SSSR count). The summed E-state index contributed by atoms with van der Waals surface area (Å²) in [4.78, 5) is 41.9. The second-order valence-corrected chi connectivity index (χ2v) is 13.7. The van der Waals surface area contributed by atoms with Crippen molar-refractivity contribution in [3.63, 3.8) is 0 Å². The van der Waals surface area contributed by atoms with Crippen LogP contribution in [-0.4, -0.2) is 29.4 Å². The second kappa shape index (κ2) is 16.4. The summed E-state index contributed by atoms with van der Waals surface area (Å²) < 4.78 is 7.77. The van der Waals surface area contributed by atoms with Crippen molar-refractivity contribution in [2.75, 3.05) is 17.7 Å². The van der Waals surface area contributed by atoms with Gasteiger partial charge in [0.15, 0.2) is 0 Å². The van der Waals surface area contributed by atoms with Crippen LogP contribution in [0, 0.1) is 0 Å². The largest absolute Gasteiger partial charge is 0.496 e. The second-order valence-electron chi connectivity index (χ2n) is 12.5. The minimum atomic E-state index is -0.601. The van der Waals surface area contributed by atoms with Gasteiger partial charge in [0.25, 0.3) is 11.8 Å². The molecular weight excluding hydrogens is 693 g/mol. The van der Waals surface area contributed by atoms with Gasteiger partial charge in [-0.05, 0) is 79.2 Å². The van der Waals surface area contributed by atoms with E-state index in [-0.39, 0.29) is 11.6 Å². The highest BCUT2D eigenvalue weighted by Gasteiger charge is 2.23. The van der Waals surface area contributed by atoms with Crippen LogP contribution in [0.3, 0.4) is 0 Å². The number of anilines is 2. The fourth-order valence-corrected chi connectivity index (χ4v) is 7.53. The first-order valence-electron chi connectivity index (χ1n) is 17.6. The van der Waals surface area contributed by atoms with E-state index < -0.39 is 17.1 Å². The molecule has 0 saturated heterocycles. The maximum absolute atomic E-state index is 14.1. The molecule has 0 radical (unpaired) electrons. The number of benzene rings is 6. The number of amides is 3. The van der Waals surface area contributed by atoms with E-state index in [1.807, 2.05) is 91.0 Å². The van der Waals surface area contributed by atoms with Crippen molar-refractivity contribution in [3.8, 4) is 5.75 Å². The molecule has 7 aromatic rings. The number of methoxy groups -OCH3 is 1. The van der Waals surface area contributed by atoms with Gasteiger partial charge in [0.05, 0.1) is 7.11 Å². The lowest BCUT2D eigenvalue weighted by Crippen LogP contribution is -2.30. The molecule has 0 aliphatic heterocycles.